The number of carbonyl (C=O) groups is 1. The summed E-state index contributed by atoms with van der Waals surface area (Å²) in [5, 5.41) is 12.1. The molecule has 4 nitrogen and oxygen atoms in total. The fourth-order valence-electron chi connectivity index (χ4n) is 2.87. The summed E-state index contributed by atoms with van der Waals surface area (Å²) in [6.45, 7) is 0.979. The number of aromatic hydroxyl groups is 1. The van der Waals surface area contributed by atoms with E-state index < -0.39 is 0 Å². The molecule has 0 radical (unpaired) electrons. The number of nitrogens with two attached hydrogens (primary N) is 1. The minimum absolute atomic E-state index is 0.0689. The Labute approximate surface area is 124 Å². The monoisotopic (exact) mass is 284 g/mol. The smallest absolute Gasteiger partial charge is 0.257 e. The topological polar surface area (TPSA) is 66.6 Å². The predicted octanol–water partition coefficient (Wildman–Crippen LogP) is 2.50. The summed E-state index contributed by atoms with van der Waals surface area (Å²) in [6, 6.07) is 11.4. The Morgan fingerprint density at radius 2 is 2.00 bits per heavy atom. The fourth-order valence-corrected chi connectivity index (χ4v) is 2.87. The van der Waals surface area contributed by atoms with E-state index >= 15 is 0 Å². The molecule has 0 saturated heterocycles. The summed E-state index contributed by atoms with van der Waals surface area (Å²) >= 11 is 0. The molecule has 0 aliphatic heterocycles. The maximum absolute atomic E-state index is 12.7. The zero-order valence-corrected chi connectivity index (χ0v) is 12.0. The molecule has 0 atom stereocenters. The minimum Gasteiger partial charge on any atom is -0.506 e. The molecule has 0 bridgehead atoms. The third kappa shape index (κ3) is 2.47. The Balaban J connectivity index is 1.98. The van der Waals surface area contributed by atoms with Crippen LogP contribution in [0.15, 0.2) is 36.4 Å². The van der Waals surface area contributed by atoms with Crippen LogP contribution in [0.1, 0.15) is 29.6 Å². The van der Waals surface area contributed by atoms with Crippen molar-refractivity contribution in [3.63, 3.8) is 0 Å². The van der Waals surface area contributed by atoms with Crippen LogP contribution in [0, 0.1) is 0 Å². The number of nitrogens with zero attached hydrogens (tertiary/aromatic N) is 1. The number of phenols is 1. The molecule has 0 aromatic heterocycles. The van der Waals surface area contributed by atoms with Gasteiger partial charge in [0.2, 0.25) is 0 Å². The van der Waals surface area contributed by atoms with E-state index in [0.717, 1.165) is 24.6 Å². The van der Waals surface area contributed by atoms with Gasteiger partial charge < -0.3 is 15.7 Å². The Morgan fingerprint density at radius 3 is 2.67 bits per heavy atom. The first kappa shape index (κ1) is 13.9. The lowest BCUT2D eigenvalue weighted by molar-refractivity contribution is 0.0586. The number of rotatable bonds is 4. The van der Waals surface area contributed by atoms with Crippen molar-refractivity contribution in [2.75, 3.05) is 13.1 Å². The van der Waals surface area contributed by atoms with Crippen molar-refractivity contribution in [3.05, 3.63) is 42.0 Å². The third-order valence-electron chi connectivity index (χ3n) is 4.28. The van der Waals surface area contributed by atoms with Crippen LogP contribution in [-0.4, -0.2) is 35.0 Å². The maximum atomic E-state index is 12.7. The molecule has 0 heterocycles. The number of hydrogen-bond donors (Lipinski definition) is 2. The molecule has 0 unspecified atom stereocenters. The number of benzene rings is 2. The van der Waals surface area contributed by atoms with Crippen LogP contribution in [-0.2, 0) is 0 Å². The van der Waals surface area contributed by atoms with Gasteiger partial charge >= 0.3 is 0 Å². The highest BCUT2D eigenvalue weighted by molar-refractivity contribution is 6.03. The zero-order valence-electron chi connectivity index (χ0n) is 12.0. The predicted molar refractivity (Wildman–Crippen MR) is 83.3 cm³/mol. The lowest BCUT2D eigenvalue weighted by atomic mass is 9.90. The quantitative estimate of drug-likeness (QED) is 0.906. The molecule has 110 valence electrons. The van der Waals surface area contributed by atoms with Crippen LogP contribution < -0.4 is 5.73 Å². The normalized spacial score (nSPS) is 14.9. The fraction of sp³-hybridized carbons (Fsp3) is 0.353. The van der Waals surface area contributed by atoms with Crippen molar-refractivity contribution < 1.29 is 9.90 Å². The third-order valence-corrected chi connectivity index (χ3v) is 4.28. The van der Waals surface area contributed by atoms with Gasteiger partial charge in [0.25, 0.3) is 5.91 Å². The van der Waals surface area contributed by atoms with Crippen molar-refractivity contribution in [3.8, 4) is 5.75 Å². The molecule has 4 heteroatoms. The number of amides is 1. The van der Waals surface area contributed by atoms with Gasteiger partial charge in [-0.25, -0.2) is 0 Å². The molecule has 1 aliphatic rings. The van der Waals surface area contributed by atoms with Crippen molar-refractivity contribution in [2.45, 2.75) is 25.3 Å². The first-order valence-electron chi connectivity index (χ1n) is 7.44. The lowest BCUT2D eigenvalue weighted by Crippen LogP contribution is -2.46. The first-order chi connectivity index (χ1) is 10.2. The molecular weight excluding hydrogens is 264 g/mol. The highest BCUT2D eigenvalue weighted by atomic mass is 16.3. The molecule has 1 saturated carbocycles. The van der Waals surface area contributed by atoms with Crippen molar-refractivity contribution >= 4 is 16.7 Å². The van der Waals surface area contributed by atoms with Gasteiger partial charge in [0, 0.05) is 24.5 Å². The summed E-state index contributed by atoms with van der Waals surface area (Å²) in [6.07, 6.45) is 3.21. The van der Waals surface area contributed by atoms with Gasteiger partial charge in [-0.2, -0.15) is 0 Å². The standard InChI is InChI=1S/C17H20N2O2/c18-10-11-19(13-5-3-6-13)17(21)15-9-8-12-4-1-2-7-14(12)16(15)20/h1-2,4,7-9,13,20H,3,5-6,10-11,18H2. The molecule has 1 aliphatic carbocycles. The summed E-state index contributed by atoms with van der Waals surface area (Å²) in [5.74, 6) is -0.0483. The van der Waals surface area contributed by atoms with Gasteiger partial charge in [0.15, 0.2) is 0 Å². The van der Waals surface area contributed by atoms with Crippen LogP contribution >= 0.6 is 0 Å². The Kier molecular flexibility index (Phi) is 3.80. The maximum Gasteiger partial charge on any atom is 0.257 e. The molecule has 3 rings (SSSR count). The van der Waals surface area contributed by atoms with Crippen molar-refractivity contribution in [1.82, 2.24) is 4.90 Å². The number of hydrogen-bond acceptors (Lipinski definition) is 3. The van der Waals surface area contributed by atoms with Crippen LogP contribution in [0.3, 0.4) is 0 Å². The van der Waals surface area contributed by atoms with E-state index in [4.69, 9.17) is 5.73 Å². The number of fused-ring (bicyclic) bond motifs is 1. The van der Waals surface area contributed by atoms with Crippen molar-refractivity contribution in [1.29, 1.82) is 0 Å². The van der Waals surface area contributed by atoms with Crippen LogP contribution in [0.5, 0.6) is 5.75 Å². The van der Waals surface area contributed by atoms with Crippen LogP contribution in [0.2, 0.25) is 0 Å². The van der Waals surface area contributed by atoms with E-state index in [0.29, 0.717) is 24.0 Å². The van der Waals surface area contributed by atoms with Gasteiger partial charge in [-0.05, 0) is 30.7 Å². The van der Waals surface area contributed by atoms with E-state index in [1.807, 2.05) is 35.2 Å². The second-order valence-corrected chi connectivity index (χ2v) is 5.55. The summed E-state index contributed by atoms with van der Waals surface area (Å²) in [7, 11) is 0. The largest absolute Gasteiger partial charge is 0.506 e. The highest BCUT2D eigenvalue weighted by Crippen LogP contribution is 2.32. The SMILES string of the molecule is NCCN(C(=O)c1ccc2ccccc2c1O)C1CCC1. The average molecular weight is 284 g/mol. The Hall–Kier alpha value is -2.07. The molecule has 1 fully saturated rings. The number of carbonyl (C=O) groups excluding carboxylic acids is 1. The Bertz CT molecular complexity index is 665. The molecule has 2 aromatic rings. The van der Waals surface area contributed by atoms with Gasteiger partial charge in [0.05, 0.1) is 5.56 Å². The lowest BCUT2D eigenvalue weighted by Gasteiger charge is -2.37. The van der Waals surface area contributed by atoms with E-state index in [1.54, 1.807) is 6.07 Å². The summed E-state index contributed by atoms with van der Waals surface area (Å²) in [4.78, 5) is 14.6. The van der Waals surface area contributed by atoms with Gasteiger partial charge in [-0.1, -0.05) is 30.3 Å². The molecule has 3 N–H and O–H groups in total. The van der Waals surface area contributed by atoms with Crippen LogP contribution in [0.4, 0.5) is 0 Å². The summed E-state index contributed by atoms with van der Waals surface area (Å²) < 4.78 is 0. The molecule has 21 heavy (non-hydrogen) atoms. The van der Waals surface area contributed by atoms with Crippen LogP contribution in [0.25, 0.3) is 10.8 Å². The second-order valence-electron chi connectivity index (χ2n) is 5.55. The number of phenolic OH excluding ortho intramolecular Hbond substituents is 1. The molecule has 2 aromatic carbocycles. The average Bonchev–Trinajstić information content (AvgIpc) is 2.45. The Morgan fingerprint density at radius 1 is 1.24 bits per heavy atom. The second kappa shape index (κ2) is 5.74. The van der Waals surface area contributed by atoms with Gasteiger partial charge in [-0.3, -0.25) is 4.79 Å². The minimum atomic E-state index is -0.117. The molecule has 1 amide bonds. The highest BCUT2D eigenvalue weighted by Gasteiger charge is 2.30. The van der Waals surface area contributed by atoms with Gasteiger partial charge in [0.1, 0.15) is 5.75 Å². The van der Waals surface area contributed by atoms with E-state index in [1.165, 1.54) is 0 Å². The first-order valence-corrected chi connectivity index (χ1v) is 7.44. The zero-order chi connectivity index (χ0) is 14.8. The van der Waals surface area contributed by atoms with Crippen molar-refractivity contribution in [2.24, 2.45) is 5.73 Å². The summed E-state index contributed by atoms with van der Waals surface area (Å²) in [5.41, 5.74) is 6.00. The molecular formula is C17H20N2O2. The van der Waals surface area contributed by atoms with E-state index in [9.17, 15) is 9.90 Å². The van der Waals surface area contributed by atoms with Gasteiger partial charge in [-0.15, -0.1) is 0 Å². The molecule has 0 spiro atoms. The van der Waals surface area contributed by atoms with E-state index in [2.05, 4.69) is 0 Å². The van der Waals surface area contributed by atoms with E-state index in [-0.39, 0.29) is 17.7 Å².